The van der Waals surface area contributed by atoms with Crippen molar-refractivity contribution in [3.8, 4) is 0 Å². The standard InChI is InChI=1S/C14H21NO3S/c1-3-19(17,18)13-8-5-4-7-12(13)15-10-6-9-14(2,16)11-15/h4-5,7-8,16H,3,6,9-11H2,1-2H3. The minimum absolute atomic E-state index is 0.0915. The van der Waals surface area contributed by atoms with Crippen LogP contribution in [0.2, 0.25) is 0 Å². The van der Waals surface area contributed by atoms with E-state index in [1.165, 1.54) is 0 Å². The predicted molar refractivity (Wildman–Crippen MR) is 76.2 cm³/mol. The third kappa shape index (κ3) is 3.09. The lowest BCUT2D eigenvalue weighted by Gasteiger charge is -2.38. The van der Waals surface area contributed by atoms with Gasteiger partial charge in [0.05, 0.1) is 21.9 Å². The highest BCUT2D eigenvalue weighted by Crippen LogP contribution is 2.31. The molecule has 1 fully saturated rings. The fourth-order valence-corrected chi connectivity index (χ4v) is 3.68. The van der Waals surface area contributed by atoms with Crippen LogP contribution >= 0.6 is 0 Å². The Morgan fingerprint density at radius 1 is 1.37 bits per heavy atom. The van der Waals surface area contributed by atoms with Crippen molar-refractivity contribution in [3.05, 3.63) is 24.3 Å². The van der Waals surface area contributed by atoms with Gasteiger partial charge in [-0.2, -0.15) is 0 Å². The van der Waals surface area contributed by atoms with Crippen LogP contribution in [0.3, 0.4) is 0 Å². The predicted octanol–water partition coefficient (Wildman–Crippen LogP) is 1.83. The quantitative estimate of drug-likeness (QED) is 0.919. The zero-order chi connectivity index (χ0) is 14.1. The SMILES string of the molecule is CCS(=O)(=O)c1ccccc1N1CCCC(C)(O)C1. The number of hydrogen-bond acceptors (Lipinski definition) is 4. The summed E-state index contributed by atoms with van der Waals surface area (Å²) >= 11 is 0. The first-order valence-corrected chi connectivity index (χ1v) is 8.30. The van der Waals surface area contributed by atoms with Gasteiger partial charge in [-0.25, -0.2) is 8.42 Å². The molecule has 1 saturated heterocycles. The summed E-state index contributed by atoms with van der Waals surface area (Å²) in [5.41, 5.74) is -0.0363. The molecule has 0 spiro atoms. The van der Waals surface area contributed by atoms with E-state index in [0.29, 0.717) is 17.1 Å². The van der Waals surface area contributed by atoms with Gasteiger partial charge in [-0.3, -0.25) is 0 Å². The van der Waals surface area contributed by atoms with Gasteiger partial charge in [0, 0.05) is 13.1 Å². The molecule has 1 atom stereocenters. The van der Waals surface area contributed by atoms with Crippen molar-refractivity contribution >= 4 is 15.5 Å². The molecule has 0 amide bonds. The van der Waals surface area contributed by atoms with E-state index >= 15 is 0 Å². The van der Waals surface area contributed by atoms with Crippen LogP contribution in [0.15, 0.2) is 29.2 Å². The van der Waals surface area contributed by atoms with E-state index in [0.717, 1.165) is 19.4 Å². The minimum Gasteiger partial charge on any atom is -0.388 e. The molecule has 2 rings (SSSR count). The highest BCUT2D eigenvalue weighted by atomic mass is 32.2. The fraction of sp³-hybridized carbons (Fsp3) is 0.571. The summed E-state index contributed by atoms with van der Waals surface area (Å²) in [6.45, 7) is 4.71. The second-order valence-electron chi connectivity index (χ2n) is 5.39. The van der Waals surface area contributed by atoms with Gasteiger partial charge >= 0.3 is 0 Å². The minimum atomic E-state index is -3.24. The van der Waals surface area contributed by atoms with Crippen molar-refractivity contribution in [3.63, 3.8) is 0 Å². The number of sulfone groups is 1. The van der Waals surface area contributed by atoms with Crippen LogP contribution in [0.1, 0.15) is 26.7 Å². The maximum atomic E-state index is 12.1. The summed E-state index contributed by atoms with van der Waals surface area (Å²) in [5.74, 6) is 0.0915. The summed E-state index contributed by atoms with van der Waals surface area (Å²) in [7, 11) is -3.24. The molecule has 5 heteroatoms. The molecule has 19 heavy (non-hydrogen) atoms. The molecule has 1 N–H and O–H groups in total. The van der Waals surface area contributed by atoms with Crippen molar-refractivity contribution in [2.75, 3.05) is 23.7 Å². The van der Waals surface area contributed by atoms with Crippen molar-refractivity contribution < 1.29 is 13.5 Å². The van der Waals surface area contributed by atoms with E-state index < -0.39 is 15.4 Å². The highest BCUT2D eigenvalue weighted by molar-refractivity contribution is 7.91. The number of para-hydroxylation sites is 1. The average Bonchev–Trinajstić information content (AvgIpc) is 2.37. The Kier molecular flexibility index (Phi) is 3.87. The number of benzene rings is 1. The van der Waals surface area contributed by atoms with Gasteiger partial charge in [-0.05, 0) is 31.9 Å². The molecule has 0 saturated carbocycles. The monoisotopic (exact) mass is 283 g/mol. The summed E-state index contributed by atoms with van der Waals surface area (Å²) in [5, 5.41) is 10.2. The number of hydrogen-bond donors (Lipinski definition) is 1. The van der Waals surface area contributed by atoms with E-state index in [4.69, 9.17) is 0 Å². The highest BCUT2D eigenvalue weighted by Gasteiger charge is 2.30. The van der Waals surface area contributed by atoms with Gasteiger partial charge in [0.25, 0.3) is 0 Å². The molecular formula is C14H21NO3S. The van der Waals surface area contributed by atoms with Crippen molar-refractivity contribution in [1.29, 1.82) is 0 Å². The van der Waals surface area contributed by atoms with Crippen LogP contribution in [0.25, 0.3) is 0 Å². The first kappa shape index (κ1) is 14.3. The molecule has 1 unspecified atom stereocenters. The Balaban J connectivity index is 2.41. The summed E-state index contributed by atoms with van der Waals surface area (Å²) in [6, 6.07) is 7.06. The van der Waals surface area contributed by atoms with Gasteiger partial charge in [0.15, 0.2) is 9.84 Å². The summed E-state index contributed by atoms with van der Waals surface area (Å²) in [6.07, 6.45) is 1.62. The van der Waals surface area contributed by atoms with Crippen LogP contribution in [-0.2, 0) is 9.84 Å². The fourth-order valence-electron chi connectivity index (χ4n) is 2.56. The van der Waals surface area contributed by atoms with Crippen molar-refractivity contribution in [2.45, 2.75) is 37.2 Å². The molecule has 0 aromatic heterocycles. The van der Waals surface area contributed by atoms with Gasteiger partial charge in [0.1, 0.15) is 0 Å². The average molecular weight is 283 g/mol. The third-order valence-corrected chi connectivity index (χ3v) is 5.37. The maximum Gasteiger partial charge on any atom is 0.180 e. The number of piperidine rings is 1. The van der Waals surface area contributed by atoms with E-state index in [1.54, 1.807) is 26.0 Å². The Morgan fingerprint density at radius 3 is 2.68 bits per heavy atom. The Morgan fingerprint density at radius 2 is 2.05 bits per heavy atom. The van der Waals surface area contributed by atoms with Gasteiger partial charge in [0.2, 0.25) is 0 Å². The van der Waals surface area contributed by atoms with E-state index in [-0.39, 0.29) is 5.75 Å². The summed E-state index contributed by atoms with van der Waals surface area (Å²) in [4.78, 5) is 2.35. The third-order valence-electron chi connectivity index (χ3n) is 3.60. The van der Waals surface area contributed by atoms with Crippen LogP contribution in [0.5, 0.6) is 0 Å². The van der Waals surface area contributed by atoms with E-state index in [1.807, 2.05) is 17.0 Å². The largest absolute Gasteiger partial charge is 0.388 e. The van der Waals surface area contributed by atoms with Gasteiger partial charge in [-0.1, -0.05) is 19.1 Å². The normalized spacial score (nSPS) is 24.5. The Hall–Kier alpha value is -1.07. The van der Waals surface area contributed by atoms with Gasteiger partial charge < -0.3 is 10.0 Å². The number of β-amino-alcohol motifs (C(OH)–C–C–N with tert-alkyl or cyclic N) is 1. The number of nitrogens with zero attached hydrogens (tertiary/aromatic N) is 1. The van der Waals surface area contributed by atoms with Gasteiger partial charge in [-0.15, -0.1) is 0 Å². The molecule has 0 aliphatic carbocycles. The van der Waals surface area contributed by atoms with Crippen LogP contribution in [-0.4, -0.2) is 38.0 Å². The maximum absolute atomic E-state index is 12.1. The lowest BCUT2D eigenvalue weighted by Crippen LogP contribution is -2.46. The van der Waals surface area contributed by atoms with Crippen LogP contribution in [0.4, 0.5) is 5.69 Å². The van der Waals surface area contributed by atoms with E-state index in [2.05, 4.69) is 0 Å². The van der Waals surface area contributed by atoms with Crippen molar-refractivity contribution in [1.82, 2.24) is 0 Å². The Labute approximate surface area is 115 Å². The molecule has 1 aromatic carbocycles. The molecule has 1 aliphatic heterocycles. The number of anilines is 1. The zero-order valence-electron chi connectivity index (χ0n) is 11.5. The topological polar surface area (TPSA) is 57.6 Å². The first-order chi connectivity index (χ1) is 8.86. The molecule has 1 aliphatic rings. The van der Waals surface area contributed by atoms with Crippen LogP contribution in [0, 0.1) is 0 Å². The first-order valence-electron chi connectivity index (χ1n) is 6.65. The second kappa shape index (κ2) is 5.13. The molecule has 1 heterocycles. The Bertz CT molecular complexity index is 552. The lowest BCUT2D eigenvalue weighted by molar-refractivity contribution is 0.0448. The second-order valence-corrected chi connectivity index (χ2v) is 7.64. The smallest absolute Gasteiger partial charge is 0.180 e. The molecule has 106 valence electrons. The number of aliphatic hydroxyl groups is 1. The molecule has 4 nitrogen and oxygen atoms in total. The molecular weight excluding hydrogens is 262 g/mol. The van der Waals surface area contributed by atoms with Crippen molar-refractivity contribution in [2.24, 2.45) is 0 Å². The van der Waals surface area contributed by atoms with E-state index in [9.17, 15) is 13.5 Å². The molecule has 0 radical (unpaired) electrons. The molecule has 1 aromatic rings. The lowest BCUT2D eigenvalue weighted by atomic mass is 9.95. The number of rotatable bonds is 3. The summed E-state index contributed by atoms with van der Waals surface area (Å²) < 4.78 is 24.3. The molecule has 0 bridgehead atoms. The van der Waals surface area contributed by atoms with Crippen LogP contribution < -0.4 is 4.90 Å². The zero-order valence-corrected chi connectivity index (χ0v) is 12.3.